The highest BCUT2D eigenvalue weighted by Crippen LogP contribution is 2.45. The summed E-state index contributed by atoms with van der Waals surface area (Å²) < 4.78 is 29.4. The third kappa shape index (κ3) is 2.45. The average molecular weight is 360 g/mol. The van der Waals surface area contributed by atoms with Gasteiger partial charge in [0.2, 0.25) is 0 Å². The second-order valence-electron chi connectivity index (χ2n) is 6.87. The van der Waals surface area contributed by atoms with E-state index in [2.05, 4.69) is 4.98 Å². The molecule has 6 nitrogen and oxygen atoms in total. The van der Waals surface area contributed by atoms with E-state index in [1.54, 1.807) is 18.1 Å². The normalized spacial score (nSPS) is 23.7. The van der Waals surface area contributed by atoms with Crippen LogP contribution in [0.15, 0.2) is 36.4 Å². The highest BCUT2D eigenvalue weighted by Gasteiger charge is 2.62. The highest BCUT2D eigenvalue weighted by atomic mass is 32.2. The van der Waals surface area contributed by atoms with E-state index in [9.17, 15) is 13.2 Å². The van der Waals surface area contributed by atoms with Gasteiger partial charge in [0.15, 0.2) is 9.84 Å². The zero-order chi connectivity index (χ0) is 17.7. The van der Waals surface area contributed by atoms with Crippen LogP contribution in [0.1, 0.15) is 16.9 Å². The topological polar surface area (TPSA) is 76.6 Å². The monoisotopic (exact) mass is 360 g/mol. The molecule has 0 N–H and O–H groups in total. The SMILES string of the molecule is COC[C@H]1CCS(=O)(=O)C12CN(C(=O)c1ccc3ccccc3n1)C2. The van der Waals surface area contributed by atoms with Crippen molar-refractivity contribution in [3.05, 3.63) is 42.1 Å². The maximum absolute atomic E-state index is 12.7. The number of fused-ring (bicyclic) bond motifs is 1. The number of benzene rings is 1. The fraction of sp³-hybridized carbons (Fsp3) is 0.444. The van der Waals surface area contributed by atoms with Crippen molar-refractivity contribution in [3.63, 3.8) is 0 Å². The zero-order valence-electron chi connectivity index (χ0n) is 14.0. The van der Waals surface area contributed by atoms with E-state index in [0.717, 1.165) is 10.9 Å². The summed E-state index contributed by atoms with van der Waals surface area (Å²) in [6, 6.07) is 11.2. The number of rotatable bonds is 3. The second-order valence-corrected chi connectivity index (χ2v) is 9.33. The first-order valence-corrected chi connectivity index (χ1v) is 9.98. The number of nitrogens with zero attached hydrogens (tertiary/aromatic N) is 2. The van der Waals surface area contributed by atoms with Crippen LogP contribution in [0.25, 0.3) is 10.9 Å². The molecule has 2 fully saturated rings. The van der Waals surface area contributed by atoms with Crippen molar-refractivity contribution in [2.24, 2.45) is 5.92 Å². The maximum atomic E-state index is 12.7. The van der Waals surface area contributed by atoms with Crippen LogP contribution in [0.3, 0.4) is 0 Å². The Hall–Kier alpha value is -1.99. The number of hydrogen-bond acceptors (Lipinski definition) is 5. The predicted octanol–water partition coefficient (Wildman–Crippen LogP) is 1.51. The van der Waals surface area contributed by atoms with Gasteiger partial charge in [-0.05, 0) is 18.6 Å². The van der Waals surface area contributed by atoms with Crippen molar-refractivity contribution < 1.29 is 17.9 Å². The number of carbonyl (C=O) groups is 1. The molecule has 1 spiro atoms. The van der Waals surface area contributed by atoms with Crippen LogP contribution < -0.4 is 0 Å². The third-order valence-electron chi connectivity index (χ3n) is 5.49. The summed E-state index contributed by atoms with van der Waals surface area (Å²) in [4.78, 5) is 18.7. The highest BCUT2D eigenvalue weighted by molar-refractivity contribution is 7.93. The lowest BCUT2D eigenvalue weighted by Crippen LogP contribution is -2.68. The Morgan fingerprint density at radius 2 is 2.04 bits per heavy atom. The minimum absolute atomic E-state index is 0.0453. The molecule has 132 valence electrons. The Labute approximate surface area is 146 Å². The van der Waals surface area contributed by atoms with Crippen LogP contribution in [0, 0.1) is 5.92 Å². The molecule has 7 heteroatoms. The van der Waals surface area contributed by atoms with Crippen LogP contribution in [-0.2, 0) is 14.6 Å². The van der Waals surface area contributed by atoms with Gasteiger partial charge in [0.25, 0.3) is 5.91 Å². The lowest BCUT2D eigenvalue weighted by molar-refractivity contribution is 0.0332. The Kier molecular flexibility index (Phi) is 3.81. The quantitative estimate of drug-likeness (QED) is 0.829. The minimum atomic E-state index is -3.20. The standard InChI is InChI=1S/C18H20N2O4S/c1-24-10-14-8-9-25(22,23)18(14)11-20(12-18)17(21)16-7-6-13-4-2-3-5-15(13)19-16/h2-7,14H,8-12H2,1H3/t14-/m1/s1. The maximum Gasteiger partial charge on any atom is 0.272 e. The van der Waals surface area contributed by atoms with E-state index in [1.807, 2.05) is 30.3 Å². The molecule has 0 bridgehead atoms. The molecule has 0 saturated carbocycles. The molecule has 2 aromatic rings. The summed E-state index contributed by atoms with van der Waals surface area (Å²) in [7, 11) is -1.62. The van der Waals surface area contributed by atoms with Crippen LogP contribution in [0.5, 0.6) is 0 Å². The van der Waals surface area contributed by atoms with Gasteiger partial charge in [0.05, 0.1) is 17.9 Å². The molecule has 0 unspecified atom stereocenters. The van der Waals surface area contributed by atoms with Crippen molar-refractivity contribution >= 4 is 26.6 Å². The van der Waals surface area contributed by atoms with Crippen LogP contribution in [0.2, 0.25) is 0 Å². The number of ether oxygens (including phenoxy) is 1. The Morgan fingerprint density at radius 1 is 1.28 bits per heavy atom. The van der Waals surface area contributed by atoms with Crippen LogP contribution in [-0.4, -0.2) is 61.5 Å². The largest absolute Gasteiger partial charge is 0.384 e. The molecule has 1 aromatic heterocycles. The van der Waals surface area contributed by atoms with Gasteiger partial charge >= 0.3 is 0 Å². The number of carbonyl (C=O) groups excluding carboxylic acids is 1. The molecule has 25 heavy (non-hydrogen) atoms. The number of amides is 1. The summed E-state index contributed by atoms with van der Waals surface area (Å²) in [5, 5.41) is 0.970. The summed E-state index contributed by atoms with van der Waals surface area (Å²) in [5.74, 6) is -0.0807. The first-order valence-electron chi connectivity index (χ1n) is 8.33. The van der Waals surface area contributed by atoms with Crippen molar-refractivity contribution in [1.29, 1.82) is 0 Å². The molecule has 1 atom stereocenters. The number of sulfone groups is 1. The fourth-order valence-corrected chi connectivity index (χ4v) is 6.40. The molecule has 1 amide bonds. The molecular weight excluding hydrogens is 340 g/mol. The van der Waals surface area contributed by atoms with Gasteiger partial charge in [-0.3, -0.25) is 4.79 Å². The number of likely N-dealkylation sites (tertiary alicyclic amines) is 1. The zero-order valence-corrected chi connectivity index (χ0v) is 14.8. The van der Waals surface area contributed by atoms with Crippen LogP contribution in [0.4, 0.5) is 0 Å². The molecule has 0 radical (unpaired) electrons. The summed E-state index contributed by atoms with van der Waals surface area (Å²) in [5.41, 5.74) is 1.11. The average Bonchev–Trinajstić information content (AvgIpc) is 2.83. The van der Waals surface area contributed by atoms with E-state index in [4.69, 9.17) is 4.74 Å². The van der Waals surface area contributed by atoms with E-state index < -0.39 is 14.6 Å². The third-order valence-corrected chi connectivity index (χ3v) is 8.09. The number of methoxy groups -OCH3 is 1. The van der Waals surface area contributed by atoms with E-state index in [-0.39, 0.29) is 30.7 Å². The van der Waals surface area contributed by atoms with Gasteiger partial charge in [-0.1, -0.05) is 24.3 Å². The number of para-hydroxylation sites is 1. The molecule has 2 aliphatic rings. The van der Waals surface area contributed by atoms with E-state index >= 15 is 0 Å². The lowest BCUT2D eigenvalue weighted by atomic mass is 9.83. The Morgan fingerprint density at radius 3 is 2.80 bits per heavy atom. The van der Waals surface area contributed by atoms with Gasteiger partial charge < -0.3 is 9.64 Å². The Bertz CT molecular complexity index is 935. The van der Waals surface area contributed by atoms with Gasteiger partial charge in [-0.25, -0.2) is 13.4 Å². The Balaban J connectivity index is 1.57. The number of hydrogen-bond donors (Lipinski definition) is 0. The van der Waals surface area contributed by atoms with Crippen molar-refractivity contribution in [2.75, 3.05) is 32.6 Å². The molecule has 4 rings (SSSR count). The molecule has 3 heterocycles. The molecule has 1 aromatic carbocycles. The van der Waals surface area contributed by atoms with E-state index in [1.165, 1.54) is 0 Å². The van der Waals surface area contributed by atoms with Gasteiger partial charge in [0.1, 0.15) is 10.4 Å². The van der Waals surface area contributed by atoms with Gasteiger partial charge in [-0.2, -0.15) is 0 Å². The van der Waals surface area contributed by atoms with Crippen molar-refractivity contribution in [3.8, 4) is 0 Å². The summed E-state index contributed by atoms with van der Waals surface area (Å²) >= 11 is 0. The first kappa shape index (κ1) is 16.5. The second kappa shape index (κ2) is 5.78. The molecule has 2 saturated heterocycles. The van der Waals surface area contributed by atoms with Crippen molar-refractivity contribution in [1.82, 2.24) is 9.88 Å². The predicted molar refractivity (Wildman–Crippen MR) is 94.1 cm³/mol. The van der Waals surface area contributed by atoms with Gasteiger partial charge in [0, 0.05) is 31.5 Å². The van der Waals surface area contributed by atoms with E-state index in [0.29, 0.717) is 18.7 Å². The van der Waals surface area contributed by atoms with Crippen molar-refractivity contribution in [2.45, 2.75) is 11.2 Å². The summed E-state index contributed by atoms with van der Waals surface area (Å²) in [6.07, 6.45) is 0.604. The molecular formula is C18H20N2O4S. The minimum Gasteiger partial charge on any atom is -0.384 e. The lowest BCUT2D eigenvalue weighted by Gasteiger charge is -2.49. The smallest absolute Gasteiger partial charge is 0.272 e. The molecule has 0 aliphatic carbocycles. The fourth-order valence-electron chi connectivity index (χ4n) is 4.00. The van der Waals surface area contributed by atoms with Crippen LogP contribution >= 0.6 is 0 Å². The number of pyridine rings is 1. The van der Waals surface area contributed by atoms with Gasteiger partial charge in [-0.15, -0.1) is 0 Å². The first-order chi connectivity index (χ1) is 12.0. The summed E-state index contributed by atoms with van der Waals surface area (Å²) in [6.45, 7) is 0.878. The number of aromatic nitrogens is 1. The molecule has 2 aliphatic heterocycles.